The van der Waals surface area contributed by atoms with Crippen LogP contribution in [0.25, 0.3) is 32.0 Å². The van der Waals surface area contributed by atoms with Crippen molar-refractivity contribution in [2.75, 3.05) is 12.5 Å². The first-order valence-corrected chi connectivity index (χ1v) is 11.1. The minimum atomic E-state index is -0.426. The van der Waals surface area contributed by atoms with Gasteiger partial charge in [-0.1, -0.05) is 18.2 Å². The molecule has 4 heterocycles. The van der Waals surface area contributed by atoms with Gasteiger partial charge in [0.25, 0.3) is 11.8 Å². The second kappa shape index (κ2) is 8.70. The molecule has 5 rings (SSSR count). The molecule has 3 aromatic heterocycles. The van der Waals surface area contributed by atoms with Gasteiger partial charge in [0.05, 0.1) is 12.5 Å². The number of nitrogens with zero attached hydrogens (tertiary/aromatic N) is 3. The Hall–Kier alpha value is -3.27. The molecule has 0 fully saturated rings. The molecular weight excluding hydrogens is 468 g/mol. The number of ether oxygens (including phenoxy) is 1. The first-order chi connectivity index (χ1) is 15.0. The minimum Gasteiger partial charge on any atom is -0.497 e. The number of benzene rings is 1. The van der Waals surface area contributed by atoms with Crippen LogP contribution in [-0.4, -0.2) is 33.9 Å². The van der Waals surface area contributed by atoms with Crippen molar-refractivity contribution in [2.24, 2.45) is 0 Å². The third-order valence-electron chi connectivity index (χ3n) is 4.87. The molecule has 10 heteroatoms. The van der Waals surface area contributed by atoms with E-state index < -0.39 is 11.8 Å². The summed E-state index contributed by atoms with van der Waals surface area (Å²) in [6.45, 7) is 1.61. The van der Waals surface area contributed by atoms with Crippen LogP contribution >= 0.6 is 35.1 Å². The van der Waals surface area contributed by atoms with Gasteiger partial charge < -0.3 is 4.74 Å². The van der Waals surface area contributed by atoms with Crippen molar-refractivity contribution >= 4 is 62.9 Å². The average molecular weight is 485 g/mol. The van der Waals surface area contributed by atoms with Crippen molar-refractivity contribution in [3.8, 4) is 27.6 Å². The highest BCUT2D eigenvalue weighted by Gasteiger charge is 2.30. The Balaban J connectivity index is 0.00000245. The van der Waals surface area contributed by atoms with Crippen LogP contribution in [0, 0.1) is 0 Å². The third kappa shape index (κ3) is 3.75. The van der Waals surface area contributed by atoms with Gasteiger partial charge in [-0.3, -0.25) is 15.0 Å². The van der Waals surface area contributed by atoms with Crippen LogP contribution in [0.2, 0.25) is 0 Å². The molecule has 0 saturated carbocycles. The zero-order chi connectivity index (χ0) is 21.5. The van der Waals surface area contributed by atoms with Gasteiger partial charge in [-0.05, 0) is 30.5 Å². The molecule has 0 spiro atoms. The SMILES string of the molecule is COc1cccc(-c2nc(NN3C(=O)C=C(C)C3=O)c3c(-c4cccs4)csc3n2)c1.Cl. The summed E-state index contributed by atoms with van der Waals surface area (Å²) < 4.78 is 5.32. The van der Waals surface area contributed by atoms with Gasteiger partial charge in [0, 0.05) is 33.0 Å². The number of aromatic nitrogens is 2. The molecule has 0 saturated heterocycles. The first kappa shape index (κ1) is 21.9. The van der Waals surface area contributed by atoms with Crippen molar-refractivity contribution < 1.29 is 14.3 Å². The average Bonchev–Trinajstić information content (AvgIpc) is 3.50. The van der Waals surface area contributed by atoms with E-state index in [2.05, 4.69) is 5.43 Å². The van der Waals surface area contributed by atoms with Gasteiger partial charge in [0.2, 0.25) is 0 Å². The van der Waals surface area contributed by atoms with Crippen LogP contribution in [0.1, 0.15) is 6.92 Å². The molecule has 2 amide bonds. The summed E-state index contributed by atoms with van der Waals surface area (Å²) in [4.78, 5) is 36.1. The van der Waals surface area contributed by atoms with E-state index in [1.807, 2.05) is 47.2 Å². The minimum absolute atomic E-state index is 0. The van der Waals surface area contributed by atoms with Gasteiger partial charge in [0.15, 0.2) is 11.6 Å². The Labute approximate surface area is 197 Å². The van der Waals surface area contributed by atoms with E-state index in [0.29, 0.717) is 23.0 Å². The predicted octanol–water partition coefficient (Wildman–Crippen LogP) is 5.16. The van der Waals surface area contributed by atoms with Crippen LogP contribution in [0.4, 0.5) is 5.82 Å². The molecule has 1 aliphatic rings. The lowest BCUT2D eigenvalue weighted by Gasteiger charge is -2.18. The number of anilines is 1. The molecule has 0 aliphatic carbocycles. The van der Waals surface area contributed by atoms with Crippen LogP contribution < -0.4 is 10.2 Å². The number of amides is 2. The van der Waals surface area contributed by atoms with E-state index in [9.17, 15) is 9.59 Å². The zero-order valence-electron chi connectivity index (χ0n) is 17.0. The highest BCUT2D eigenvalue weighted by Crippen LogP contribution is 2.40. The van der Waals surface area contributed by atoms with Crippen LogP contribution in [0.15, 0.2) is 58.8 Å². The number of methoxy groups -OCH3 is 1. The maximum Gasteiger partial charge on any atom is 0.275 e. The number of halogens is 1. The maximum absolute atomic E-state index is 12.5. The number of rotatable bonds is 5. The summed E-state index contributed by atoms with van der Waals surface area (Å²) in [7, 11) is 1.60. The van der Waals surface area contributed by atoms with E-state index in [1.165, 1.54) is 17.4 Å². The Morgan fingerprint density at radius 3 is 2.62 bits per heavy atom. The Bertz CT molecular complexity index is 1370. The highest BCUT2D eigenvalue weighted by atomic mass is 35.5. The lowest BCUT2D eigenvalue weighted by atomic mass is 10.1. The van der Waals surface area contributed by atoms with Crippen molar-refractivity contribution in [3.63, 3.8) is 0 Å². The van der Waals surface area contributed by atoms with Gasteiger partial charge in [-0.25, -0.2) is 9.97 Å². The topological polar surface area (TPSA) is 84.4 Å². The van der Waals surface area contributed by atoms with Gasteiger partial charge in [-0.15, -0.1) is 35.1 Å². The van der Waals surface area contributed by atoms with Crippen LogP contribution in [0.3, 0.4) is 0 Å². The van der Waals surface area contributed by atoms with Crippen molar-refractivity contribution in [3.05, 3.63) is 58.8 Å². The molecule has 1 N–H and O–H groups in total. The summed E-state index contributed by atoms with van der Waals surface area (Å²) in [5.74, 6) is 0.734. The van der Waals surface area contributed by atoms with E-state index in [0.717, 1.165) is 31.2 Å². The third-order valence-corrected chi connectivity index (χ3v) is 6.64. The number of thiophene rings is 2. The predicted molar refractivity (Wildman–Crippen MR) is 129 cm³/mol. The van der Waals surface area contributed by atoms with Crippen LogP contribution in [-0.2, 0) is 9.59 Å². The monoisotopic (exact) mass is 484 g/mol. The normalized spacial score (nSPS) is 13.3. The number of hydrazine groups is 1. The molecule has 7 nitrogen and oxygen atoms in total. The smallest absolute Gasteiger partial charge is 0.275 e. The largest absolute Gasteiger partial charge is 0.497 e. The lowest BCUT2D eigenvalue weighted by molar-refractivity contribution is -0.135. The lowest BCUT2D eigenvalue weighted by Crippen LogP contribution is -2.36. The van der Waals surface area contributed by atoms with E-state index >= 15 is 0 Å². The number of imide groups is 1. The van der Waals surface area contributed by atoms with Crippen molar-refractivity contribution in [1.29, 1.82) is 0 Å². The summed E-state index contributed by atoms with van der Waals surface area (Å²) in [5, 5.41) is 5.77. The summed E-state index contributed by atoms with van der Waals surface area (Å²) in [6.07, 6.45) is 1.31. The van der Waals surface area contributed by atoms with Crippen LogP contribution in [0.5, 0.6) is 5.75 Å². The molecular formula is C22H17ClN4O3S2. The fourth-order valence-electron chi connectivity index (χ4n) is 3.33. The standard InChI is InChI=1S/C22H16N4O3S2.ClH/c1-12-9-17(27)26(22(12)28)25-20-18-15(16-7-4-8-30-16)11-31-21(18)24-19(23-20)13-5-3-6-14(10-13)29-2;/h3-11H,1-2H3,(H,23,24,25);1H. The Kier molecular flexibility index (Phi) is 5.96. The maximum atomic E-state index is 12.5. The summed E-state index contributed by atoms with van der Waals surface area (Å²) in [5.41, 5.74) is 5.05. The number of carbonyl (C=O) groups is 2. The summed E-state index contributed by atoms with van der Waals surface area (Å²) >= 11 is 3.09. The number of nitrogens with one attached hydrogen (secondary N) is 1. The molecule has 32 heavy (non-hydrogen) atoms. The highest BCUT2D eigenvalue weighted by molar-refractivity contribution is 7.18. The second-order valence-corrected chi connectivity index (χ2v) is 8.66. The van der Waals surface area contributed by atoms with Gasteiger partial charge in [0.1, 0.15) is 10.6 Å². The summed E-state index contributed by atoms with van der Waals surface area (Å²) in [6, 6.07) is 11.4. The van der Waals surface area contributed by atoms with E-state index in [1.54, 1.807) is 25.4 Å². The molecule has 0 atom stereocenters. The second-order valence-electron chi connectivity index (χ2n) is 6.85. The molecule has 0 unspecified atom stereocenters. The Morgan fingerprint density at radius 1 is 1.09 bits per heavy atom. The van der Waals surface area contributed by atoms with Crippen molar-refractivity contribution in [2.45, 2.75) is 6.92 Å². The van der Waals surface area contributed by atoms with E-state index in [-0.39, 0.29) is 12.4 Å². The van der Waals surface area contributed by atoms with Crippen molar-refractivity contribution in [1.82, 2.24) is 15.0 Å². The molecule has 0 bridgehead atoms. The Morgan fingerprint density at radius 2 is 1.94 bits per heavy atom. The number of hydrogen-bond acceptors (Lipinski definition) is 8. The number of carbonyl (C=O) groups excluding carboxylic acids is 2. The molecule has 1 aliphatic heterocycles. The fourth-order valence-corrected chi connectivity index (χ4v) is 5.09. The van der Waals surface area contributed by atoms with Gasteiger partial charge in [-0.2, -0.15) is 5.01 Å². The van der Waals surface area contributed by atoms with Gasteiger partial charge >= 0.3 is 0 Å². The molecule has 162 valence electrons. The number of fused-ring (bicyclic) bond motifs is 1. The molecule has 4 aromatic rings. The quantitative estimate of drug-likeness (QED) is 0.394. The first-order valence-electron chi connectivity index (χ1n) is 9.36. The zero-order valence-corrected chi connectivity index (χ0v) is 19.4. The van der Waals surface area contributed by atoms with E-state index in [4.69, 9.17) is 14.7 Å². The molecule has 1 aromatic carbocycles. The number of hydrogen-bond donors (Lipinski definition) is 1. The fraction of sp³-hybridized carbons (Fsp3) is 0.0909. The molecule has 0 radical (unpaired) electrons.